The molecule has 0 radical (unpaired) electrons. The monoisotopic (exact) mass is 355 g/mol. The Morgan fingerprint density at radius 3 is 2.70 bits per heavy atom. The van der Waals surface area contributed by atoms with Gasteiger partial charge in [-0.05, 0) is 54.0 Å². The van der Waals surface area contributed by atoms with Crippen LogP contribution in [0, 0.1) is 11.3 Å². The van der Waals surface area contributed by atoms with E-state index >= 15 is 0 Å². The molecule has 0 bridgehead atoms. The van der Waals surface area contributed by atoms with E-state index in [1.165, 1.54) is 0 Å². The second kappa shape index (κ2) is 6.13. The largest absolute Gasteiger partial charge is 0.334 e. The lowest BCUT2D eigenvalue weighted by Gasteiger charge is -2.36. The Morgan fingerprint density at radius 1 is 1.50 bits per heavy atom. The summed E-state index contributed by atoms with van der Waals surface area (Å²) in [7, 11) is 2.01. The molecule has 1 amide bonds. The van der Waals surface area contributed by atoms with Gasteiger partial charge in [-0.25, -0.2) is 0 Å². The maximum atomic E-state index is 12.3. The second-order valence-corrected chi connectivity index (χ2v) is 6.34. The van der Waals surface area contributed by atoms with Crippen molar-refractivity contribution in [1.82, 2.24) is 10.2 Å². The summed E-state index contributed by atoms with van der Waals surface area (Å²) < 4.78 is 0.668. The molecule has 0 spiro atoms. The van der Waals surface area contributed by atoms with Crippen LogP contribution in [-0.2, 0) is 0 Å². The molecule has 0 unspecified atom stereocenters. The van der Waals surface area contributed by atoms with Gasteiger partial charge in [0.25, 0.3) is 5.91 Å². The Balaban J connectivity index is 2.13. The third-order valence-corrected chi connectivity index (χ3v) is 4.80. The van der Waals surface area contributed by atoms with Crippen LogP contribution in [0.15, 0.2) is 22.7 Å². The van der Waals surface area contributed by atoms with Crippen molar-refractivity contribution in [3.63, 3.8) is 0 Å². The Morgan fingerprint density at radius 2 is 2.15 bits per heavy atom. The van der Waals surface area contributed by atoms with Crippen molar-refractivity contribution in [2.24, 2.45) is 0 Å². The van der Waals surface area contributed by atoms with E-state index in [2.05, 4.69) is 32.2 Å². The molecule has 0 atom stereocenters. The summed E-state index contributed by atoms with van der Waals surface area (Å²) in [5.74, 6) is -0.242. The van der Waals surface area contributed by atoms with Crippen LogP contribution in [0.5, 0.6) is 0 Å². The van der Waals surface area contributed by atoms with Crippen LogP contribution in [0.3, 0.4) is 0 Å². The molecule has 0 aliphatic carbocycles. The topological polar surface area (TPSA) is 56.1 Å². The molecule has 6 heteroatoms. The minimum Gasteiger partial charge on any atom is -0.334 e. The Hall–Kier alpha value is -1.09. The molecule has 1 aromatic rings. The van der Waals surface area contributed by atoms with E-state index in [0.717, 1.165) is 13.1 Å². The van der Waals surface area contributed by atoms with Crippen molar-refractivity contribution in [3.05, 3.63) is 33.3 Å². The van der Waals surface area contributed by atoms with Crippen LogP contribution < -0.4 is 5.32 Å². The van der Waals surface area contributed by atoms with E-state index in [9.17, 15) is 10.1 Å². The molecule has 1 heterocycles. The highest BCUT2D eigenvalue weighted by Gasteiger charge is 2.35. The quantitative estimate of drug-likeness (QED) is 0.886. The first-order valence-electron chi connectivity index (χ1n) is 6.33. The van der Waals surface area contributed by atoms with Gasteiger partial charge >= 0.3 is 0 Å². The molecule has 1 N–H and O–H groups in total. The lowest BCUT2D eigenvalue weighted by atomic mass is 9.89. The molecule has 106 valence electrons. The zero-order valence-corrected chi connectivity index (χ0v) is 13.5. The van der Waals surface area contributed by atoms with Crippen LogP contribution in [0.2, 0.25) is 5.02 Å². The summed E-state index contributed by atoms with van der Waals surface area (Å²) >= 11 is 9.21. The number of amides is 1. The van der Waals surface area contributed by atoms with Gasteiger partial charge < -0.3 is 10.2 Å². The number of halogens is 2. The summed E-state index contributed by atoms with van der Waals surface area (Å²) in [6.45, 7) is 1.61. The number of nitrogens with one attached hydrogen (secondary N) is 1. The van der Waals surface area contributed by atoms with Crippen molar-refractivity contribution in [2.75, 3.05) is 20.1 Å². The van der Waals surface area contributed by atoms with Gasteiger partial charge in [0.05, 0.1) is 11.1 Å². The zero-order valence-electron chi connectivity index (χ0n) is 11.1. The highest BCUT2D eigenvalue weighted by Crippen LogP contribution is 2.25. The van der Waals surface area contributed by atoms with Gasteiger partial charge in [-0.2, -0.15) is 5.26 Å². The molecule has 2 rings (SSSR count). The molecule has 1 fully saturated rings. The maximum Gasteiger partial charge on any atom is 0.252 e. The normalized spacial score (nSPS) is 18.3. The summed E-state index contributed by atoms with van der Waals surface area (Å²) in [5.41, 5.74) is -0.273. The van der Waals surface area contributed by atoms with Crippen molar-refractivity contribution in [3.8, 4) is 6.07 Å². The van der Waals surface area contributed by atoms with Crippen LogP contribution >= 0.6 is 27.5 Å². The van der Waals surface area contributed by atoms with Gasteiger partial charge in [0.1, 0.15) is 5.54 Å². The van der Waals surface area contributed by atoms with Crippen molar-refractivity contribution in [1.29, 1.82) is 5.26 Å². The SMILES string of the molecule is CN1CCC(C#N)(NC(=O)c2ccc(Cl)c(Br)c2)CC1. The van der Waals surface area contributed by atoms with Gasteiger partial charge in [0.2, 0.25) is 0 Å². The smallest absolute Gasteiger partial charge is 0.252 e. The summed E-state index contributed by atoms with van der Waals surface area (Å²) in [6, 6.07) is 7.25. The lowest BCUT2D eigenvalue weighted by Crippen LogP contribution is -2.53. The van der Waals surface area contributed by atoms with Gasteiger partial charge in [-0.3, -0.25) is 4.79 Å². The molecule has 1 aliphatic heterocycles. The number of likely N-dealkylation sites (tertiary alicyclic amines) is 1. The summed E-state index contributed by atoms with van der Waals surface area (Å²) in [5, 5.41) is 12.8. The van der Waals surface area contributed by atoms with Gasteiger partial charge in [0.15, 0.2) is 0 Å². The molecule has 1 saturated heterocycles. The van der Waals surface area contributed by atoms with E-state index in [4.69, 9.17) is 11.6 Å². The molecule has 1 aromatic carbocycles. The Labute approximate surface area is 131 Å². The molecule has 0 saturated carbocycles. The number of carbonyl (C=O) groups excluding carboxylic acids is 1. The average molecular weight is 357 g/mol. The first-order chi connectivity index (χ1) is 9.46. The highest BCUT2D eigenvalue weighted by atomic mass is 79.9. The van der Waals surface area contributed by atoms with E-state index in [1.54, 1.807) is 18.2 Å². The molecular formula is C14H15BrClN3O. The minimum atomic E-state index is -0.768. The highest BCUT2D eigenvalue weighted by molar-refractivity contribution is 9.10. The predicted molar refractivity (Wildman–Crippen MR) is 81.7 cm³/mol. The first kappa shape index (κ1) is 15.3. The number of rotatable bonds is 2. The van der Waals surface area contributed by atoms with E-state index in [-0.39, 0.29) is 5.91 Å². The number of nitriles is 1. The number of benzene rings is 1. The number of piperidine rings is 1. The summed E-state index contributed by atoms with van der Waals surface area (Å²) in [4.78, 5) is 14.4. The molecular weight excluding hydrogens is 342 g/mol. The standard InChI is InChI=1S/C14H15BrClN3O/c1-19-6-4-14(9-17,5-7-19)18-13(20)10-2-3-12(16)11(15)8-10/h2-3,8H,4-7H2,1H3,(H,18,20). The molecule has 4 nitrogen and oxygen atoms in total. The van der Waals surface area contributed by atoms with Crippen molar-refractivity contribution in [2.45, 2.75) is 18.4 Å². The number of hydrogen-bond acceptors (Lipinski definition) is 3. The van der Waals surface area contributed by atoms with Gasteiger partial charge in [0, 0.05) is 23.1 Å². The fourth-order valence-electron chi connectivity index (χ4n) is 2.19. The maximum absolute atomic E-state index is 12.3. The minimum absolute atomic E-state index is 0.242. The van der Waals surface area contributed by atoms with E-state index < -0.39 is 5.54 Å². The Bertz CT molecular complexity index is 562. The fraction of sp³-hybridized carbons (Fsp3) is 0.429. The fourth-order valence-corrected chi connectivity index (χ4v) is 2.69. The van der Waals surface area contributed by atoms with Crippen molar-refractivity contribution < 1.29 is 4.79 Å². The first-order valence-corrected chi connectivity index (χ1v) is 7.50. The molecule has 1 aliphatic rings. The Kier molecular flexibility index (Phi) is 4.69. The van der Waals surface area contributed by atoms with E-state index in [1.807, 2.05) is 7.05 Å². The third-order valence-electron chi connectivity index (χ3n) is 3.59. The zero-order chi connectivity index (χ0) is 14.8. The number of carbonyl (C=O) groups is 1. The predicted octanol–water partition coefficient (Wildman–Crippen LogP) is 2.82. The van der Waals surface area contributed by atoms with Crippen LogP contribution in [0.4, 0.5) is 0 Å². The van der Waals surface area contributed by atoms with Crippen LogP contribution in [0.25, 0.3) is 0 Å². The number of nitrogens with zero attached hydrogens (tertiary/aromatic N) is 2. The van der Waals surface area contributed by atoms with Gasteiger partial charge in [-0.15, -0.1) is 0 Å². The average Bonchev–Trinajstić information content (AvgIpc) is 2.44. The van der Waals surface area contributed by atoms with Gasteiger partial charge in [-0.1, -0.05) is 11.6 Å². The number of hydrogen-bond donors (Lipinski definition) is 1. The van der Waals surface area contributed by atoms with Crippen LogP contribution in [0.1, 0.15) is 23.2 Å². The second-order valence-electron chi connectivity index (χ2n) is 5.08. The van der Waals surface area contributed by atoms with Crippen molar-refractivity contribution >= 4 is 33.4 Å². The lowest BCUT2D eigenvalue weighted by molar-refractivity contribution is 0.0882. The molecule has 0 aromatic heterocycles. The van der Waals surface area contributed by atoms with E-state index in [0.29, 0.717) is 27.9 Å². The molecule has 20 heavy (non-hydrogen) atoms. The van der Waals surface area contributed by atoms with Crippen LogP contribution in [-0.4, -0.2) is 36.5 Å². The summed E-state index contributed by atoms with van der Waals surface area (Å²) in [6.07, 6.45) is 1.28. The third kappa shape index (κ3) is 3.32.